The predicted octanol–water partition coefficient (Wildman–Crippen LogP) is 4.23. The third-order valence-corrected chi connectivity index (χ3v) is 7.69. The van der Waals surface area contributed by atoms with Gasteiger partial charge in [0.2, 0.25) is 0 Å². The zero-order chi connectivity index (χ0) is 10.7. The number of rotatable bonds is 4. The number of hydrogen-bond acceptors (Lipinski definition) is 2. The van der Waals surface area contributed by atoms with Crippen molar-refractivity contribution in [2.45, 2.75) is 45.8 Å². The van der Waals surface area contributed by atoms with E-state index < -0.39 is 8.32 Å². The maximum absolute atomic E-state index is 5.95. The van der Waals surface area contributed by atoms with Crippen molar-refractivity contribution in [3.8, 4) is 0 Å². The van der Waals surface area contributed by atoms with Crippen LogP contribution in [0.25, 0.3) is 0 Å². The largest absolute Gasteiger partial charge is 0.539 e. The molecule has 0 N–H and O–H groups in total. The molecule has 0 atom stereocenters. The van der Waals surface area contributed by atoms with Crippen LogP contribution in [0, 0.1) is 0 Å². The highest BCUT2D eigenvalue weighted by molar-refractivity contribution is 8.02. The van der Waals surface area contributed by atoms with E-state index in [0.717, 1.165) is 10.8 Å². The summed E-state index contributed by atoms with van der Waals surface area (Å²) < 4.78 is 5.95. The van der Waals surface area contributed by atoms with Gasteiger partial charge in [0.05, 0.1) is 0 Å². The van der Waals surface area contributed by atoms with Crippen LogP contribution in [0.2, 0.25) is 18.1 Å². The molecule has 0 saturated heterocycles. The topological polar surface area (TPSA) is 9.23 Å². The van der Waals surface area contributed by atoms with Crippen molar-refractivity contribution in [2.24, 2.45) is 0 Å². The SMILES string of the molecule is C=C(O[Si](C)(C)C(C)(C)C)SCC. The maximum Gasteiger partial charge on any atom is 0.251 e. The zero-order valence-corrected chi connectivity index (χ0v) is 11.5. The minimum atomic E-state index is -1.63. The Morgan fingerprint density at radius 3 is 2.15 bits per heavy atom. The molecule has 0 heterocycles. The van der Waals surface area contributed by atoms with Crippen molar-refractivity contribution in [2.75, 3.05) is 5.75 Å². The van der Waals surface area contributed by atoms with Gasteiger partial charge in [0.25, 0.3) is 8.32 Å². The van der Waals surface area contributed by atoms with Crippen LogP contribution in [-0.2, 0) is 4.43 Å². The van der Waals surface area contributed by atoms with E-state index in [-0.39, 0.29) is 5.04 Å². The first-order valence-electron chi connectivity index (χ1n) is 4.71. The smallest absolute Gasteiger partial charge is 0.251 e. The van der Waals surface area contributed by atoms with Crippen LogP contribution in [-0.4, -0.2) is 14.1 Å². The van der Waals surface area contributed by atoms with E-state index in [9.17, 15) is 0 Å². The predicted molar refractivity (Wildman–Crippen MR) is 65.6 cm³/mol. The van der Waals surface area contributed by atoms with Crippen LogP contribution >= 0.6 is 11.8 Å². The zero-order valence-electron chi connectivity index (χ0n) is 9.73. The molecule has 0 fully saturated rings. The molecular formula is C10H22OSSi. The van der Waals surface area contributed by atoms with Crippen LogP contribution < -0.4 is 0 Å². The Morgan fingerprint density at radius 1 is 1.38 bits per heavy atom. The van der Waals surface area contributed by atoms with Crippen LogP contribution in [0.1, 0.15) is 27.7 Å². The van der Waals surface area contributed by atoms with Crippen molar-refractivity contribution in [1.29, 1.82) is 0 Å². The Balaban J connectivity index is 4.26. The molecule has 13 heavy (non-hydrogen) atoms. The molecule has 3 heteroatoms. The second-order valence-corrected chi connectivity index (χ2v) is 10.7. The minimum absolute atomic E-state index is 0.268. The molecule has 1 nitrogen and oxygen atoms in total. The molecule has 0 rings (SSSR count). The molecule has 0 spiro atoms. The van der Waals surface area contributed by atoms with Crippen molar-refractivity contribution in [1.82, 2.24) is 0 Å². The molecule has 0 aromatic rings. The van der Waals surface area contributed by atoms with Crippen LogP contribution in [0.3, 0.4) is 0 Å². The quantitative estimate of drug-likeness (QED) is 0.516. The van der Waals surface area contributed by atoms with E-state index in [4.69, 9.17) is 4.43 Å². The minimum Gasteiger partial charge on any atom is -0.539 e. The normalized spacial score (nSPS) is 12.8. The molecule has 0 amide bonds. The van der Waals surface area contributed by atoms with Gasteiger partial charge in [0.15, 0.2) is 0 Å². The summed E-state index contributed by atoms with van der Waals surface area (Å²) >= 11 is 1.69. The fourth-order valence-corrected chi connectivity index (χ4v) is 2.69. The number of hydrogen-bond donors (Lipinski definition) is 0. The van der Waals surface area contributed by atoms with E-state index in [0.29, 0.717) is 0 Å². The van der Waals surface area contributed by atoms with Gasteiger partial charge in [0, 0.05) is 0 Å². The van der Waals surface area contributed by atoms with Crippen molar-refractivity contribution in [3.63, 3.8) is 0 Å². The summed E-state index contributed by atoms with van der Waals surface area (Å²) in [6, 6.07) is 0. The van der Waals surface area contributed by atoms with Gasteiger partial charge in [-0.15, -0.1) is 0 Å². The first-order chi connectivity index (χ1) is 5.70. The molecule has 0 bridgehead atoms. The summed E-state index contributed by atoms with van der Waals surface area (Å²) in [4.78, 5) is 0. The second kappa shape index (κ2) is 4.56. The molecule has 0 aliphatic carbocycles. The summed E-state index contributed by atoms with van der Waals surface area (Å²) in [6.45, 7) is 17.2. The molecule has 0 radical (unpaired) electrons. The van der Waals surface area contributed by atoms with Crippen molar-refractivity contribution in [3.05, 3.63) is 11.7 Å². The lowest BCUT2D eigenvalue weighted by atomic mass is 10.2. The molecule has 0 unspecified atom stereocenters. The Labute approximate surface area is 88.1 Å². The number of thioether (sulfide) groups is 1. The lowest BCUT2D eigenvalue weighted by Gasteiger charge is -2.36. The summed E-state index contributed by atoms with van der Waals surface area (Å²) in [6.07, 6.45) is 0. The molecular weight excluding hydrogens is 196 g/mol. The van der Waals surface area contributed by atoms with Gasteiger partial charge in [-0.2, -0.15) is 0 Å². The molecule has 0 saturated carbocycles. The molecule has 0 aromatic heterocycles. The lowest BCUT2D eigenvalue weighted by molar-refractivity contribution is 0.419. The van der Waals surface area contributed by atoms with Gasteiger partial charge in [0.1, 0.15) is 5.09 Å². The Bertz CT molecular complexity index is 182. The van der Waals surface area contributed by atoms with Gasteiger partial charge in [-0.1, -0.05) is 46.0 Å². The summed E-state index contributed by atoms with van der Waals surface area (Å²) in [7, 11) is -1.63. The van der Waals surface area contributed by atoms with Gasteiger partial charge >= 0.3 is 0 Å². The molecule has 0 aliphatic heterocycles. The fourth-order valence-electron chi connectivity index (χ4n) is 0.628. The van der Waals surface area contributed by atoms with Gasteiger partial charge in [-0.05, 0) is 23.9 Å². The van der Waals surface area contributed by atoms with E-state index in [2.05, 4.69) is 47.4 Å². The monoisotopic (exact) mass is 218 g/mol. The molecule has 0 aliphatic rings. The summed E-state index contributed by atoms with van der Waals surface area (Å²) in [5.41, 5.74) is 0. The van der Waals surface area contributed by atoms with Crippen LogP contribution in [0.5, 0.6) is 0 Å². The average molecular weight is 218 g/mol. The van der Waals surface area contributed by atoms with Gasteiger partial charge < -0.3 is 4.43 Å². The fraction of sp³-hybridized carbons (Fsp3) is 0.800. The standard InChI is InChI=1S/C10H22OSSi/c1-8-12-9(2)11-13(6,7)10(3,4)5/h2,8H2,1,3-7H3. The van der Waals surface area contributed by atoms with E-state index in [1.165, 1.54) is 0 Å². The Hall–Kier alpha value is 0.107. The van der Waals surface area contributed by atoms with Gasteiger partial charge in [-0.3, -0.25) is 0 Å². The third kappa shape index (κ3) is 4.23. The maximum atomic E-state index is 5.95. The first-order valence-corrected chi connectivity index (χ1v) is 8.61. The highest BCUT2D eigenvalue weighted by atomic mass is 32.2. The van der Waals surface area contributed by atoms with E-state index in [1.54, 1.807) is 11.8 Å². The molecule has 78 valence electrons. The first kappa shape index (κ1) is 13.1. The van der Waals surface area contributed by atoms with E-state index >= 15 is 0 Å². The summed E-state index contributed by atoms with van der Waals surface area (Å²) in [5, 5.41) is 1.15. The van der Waals surface area contributed by atoms with Crippen LogP contribution in [0.15, 0.2) is 11.7 Å². The van der Waals surface area contributed by atoms with Crippen LogP contribution in [0.4, 0.5) is 0 Å². The second-order valence-electron chi connectivity index (χ2n) is 4.67. The van der Waals surface area contributed by atoms with Gasteiger partial charge in [-0.25, -0.2) is 0 Å². The Morgan fingerprint density at radius 2 is 1.85 bits per heavy atom. The van der Waals surface area contributed by atoms with E-state index in [1.807, 2.05) is 0 Å². The lowest BCUT2D eigenvalue weighted by Crippen LogP contribution is -2.40. The summed E-state index contributed by atoms with van der Waals surface area (Å²) in [5.74, 6) is 1.04. The third-order valence-electron chi connectivity index (χ3n) is 2.48. The highest BCUT2D eigenvalue weighted by Gasteiger charge is 2.39. The Kier molecular flexibility index (Phi) is 4.59. The highest BCUT2D eigenvalue weighted by Crippen LogP contribution is 2.39. The average Bonchev–Trinajstić information content (AvgIpc) is 1.83. The molecule has 0 aromatic carbocycles. The van der Waals surface area contributed by atoms with Crippen molar-refractivity contribution >= 4 is 20.1 Å². The van der Waals surface area contributed by atoms with Crippen molar-refractivity contribution < 1.29 is 4.43 Å².